The van der Waals surface area contributed by atoms with Crippen molar-refractivity contribution in [3.63, 3.8) is 0 Å². The molecule has 37 heavy (non-hydrogen) atoms. The molecular weight excluding hydrogens is 479 g/mol. The third-order valence-electron chi connectivity index (χ3n) is 6.01. The molecular formula is C32H33O4P. The number of benzene rings is 4. The van der Waals surface area contributed by atoms with E-state index in [0.717, 1.165) is 18.4 Å². The molecule has 4 aromatic rings. The highest BCUT2D eigenvalue weighted by Gasteiger charge is 2.21. The van der Waals surface area contributed by atoms with Crippen LogP contribution in [-0.4, -0.2) is 17.8 Å². The molecule has 0 radical (unpaired) electrons. The van der Waals surface area contributed by atoms with Gasteiger partial charge in [-0.3, -0.25) is 0 Å². The van der Waals surface area contributed by atoms with E-state index in [4.69, 9.17) is 9.26 Å². The second-order valence-corrected chi connectivity index (χ2v) is 10.6. The average molecular weight is 513 g/mol. The molecule has 0 aromatic heterocycles. The monoisotopic (exact) mass is 512 g/mol. The molecule has 4 aromatic carbocycles. The SMILES string of the molecule is CCC/C(=C(\c1ccccc1)c1ccc(CCOCP(=O)(O)Oc2ccccc2)cc1)c1ccccc1. The van der Waals surface area contributed by atoms with Gasteiger partial charge in [-0.15, -0.1) is 0 Å². The van der Waals surface area contributed by atoms with Crippen LogP contribution >= 0.6 is 7.60 Å². The van der Waals surface area contributed by atoms with Gasteiger partial charge in [-0.1, -0.05) is 116 Å². The fourth-order valence-corrected chi connectivity index (χ4v) is 5.17. The number of rotatable bonds is 12. The molecule has 0 saturated carbocycles. The number of hydrogen-bond donors (Lipinski definition) is 1. The Morgan fingerprint density at radius 1 is 0.730 bits per heavy atom. The van der Waals surface area contributed by atoms with E-state index >= 15 is 0 Å². The lowest BCUT2D eigenvalue weighted by atomic mass is 9.87. The van der Waals surface area contributed by atoms with E-state index in [-0.39, 0.29) is 6.35 Å². The maximum atomic E-state index is 12.3. The third-order valence-corrected chi connectivity index (χ3v) is 7.01. The van der Waals surface area contributed by atoms with E-state index in [1.807, 2.05) is 12.1 Å². The van der Waals surface area contributed by atoms with Crippen molar-refractivity contribution in [2.45, 2.75) is 26.2 Å². The molecule has 1 N–H and O–H groups in total. The molecule has 0 saturated heterocycles. The van der Waals surface area contributed by atoms with Crippen LogP contribution in [0.2, 0.25) is 0 Å². The van der Waals surface area contributed by atoms with Gasteiger partial charge in [-0.2, -0.15) is 0 Å². The zero-order valence-electron chi connectivity index (χ0n) is 21.1. The molecule has 190 valence electrons. The van der Waals surface area contributed by atoms with Crippen molar-refractivity contribution < 1.29 is 18.7 Å². The Hall–Kier alpha value is -3.43. The number of ether oxygens (including phenoxy) is 1. The van der Waals surface area contributed by atoms with Crippen LogP contribution in [0.25, 0.3) is 11.1 Å². The number of allylic oxidation sites excluding steroid dienone is 1. The molecule has 1 unspecified atom stereocenters. The molecule has 0 fully saturated rings. The first-order chi connectivity index (χ1) is 18.1. The average Bonchev–Trinajstić information content (AvgIpc) is 2.93. The van der Waals surface area contributed by atoms with Gasteiger partial charge in [-0.25, -0.2) is 4.57 Å². The third kappa shape index (κ3) is 7.77. The molecule has 0 amide bonds. The Morgan fingerprint density at radius 3 is 1.86 bits per heavy atom. The molecule has 4 nitrogen and oxygen atoms in total. The summed E-state index contributed by atoms with van der Waals surface area (Å²) in [6.45, 7) is 2.54. The highest BCUT2D eigenvalue weighted by molar-refractivity contribution is 7.53. The Balaban J connectivity index is 1.47. The second-order valence-electron chi connectivity index (χ2n) is 8.86. The van der Waals surface area contributed by atoms with Crippen LogP contribution in [0.5, 0.6) is 5.75 Å². The minimum absolute atomic E-state index is 0.328. The van der Waals surface area contributed by atoms with Gasteiger partial charge >= 0.3 is 7.60 Å². The van der Waals surface area contributed by atoms with E-state index in [9.17, 15) is 9.46 Å². The second kappa shape index (κ2) is 13.2. The molecule has 0 bridgehead atoms. The predicted octanol–water partition coefficient (Wildman–Crippen LogP) is 8.23. The van der Waals surface area contributed by atoms with Crippen molar-refractivity contribution in [2.75, 3.05) is 13.0 Å². The Kier molecular flexibility index (Phi) is 9.51. The zero-order chi connectivity index (χ0) is 25.9. The summed E-state index contributed by atoms with van der Waals surface area (Å²) in [5.74, 6) is 0.354. The zero-order valence-corrected chi connectivity index (χ0v) is 22.0. The summed E-state index contributed by atoms with van der Waals surface area (Å²) in [5, 5.41) is 0. The lowest BCUT2D eigenvalue weighted by Crippen LogP contribution is -2.04. The van der Waals surface area contributed by atoms with Crippen LogP contribution in [0.3, 0.4) is 0 Å². The Labute approximate surface area is 219 Å². The van der Waals surface area contributed by atoms with Crippen LogP contribution in [0.4, 0.5) is 0 Å². The van der Waals surface area contributed by atoms with E-state index in [1.54, 1.807) is 24.3 Å². The fourth-order valence-electron chi connectivity index (χ4n) is 4.30. The first-order valence-corrected chi connectivity index (χ1v) is 14.4. The molecule has 4 rings (SSSR count). The molecule has 5 heteroatoms. The van der Waals surface area contributed by atoms with Crippen LogP contribution in [0, 0.1) is 0 Å². The van der Waals surface area contributed by atoms with E-state index < -0.39 is 7.60 Å². The lowest BCUT2D eigenvalue weighted by Gasteiger charge is -2.17. The Morgan fingerprint density at radius 2 is 1.27 bits per heavy atom. The van der Waals surface area contributed by atoms with Gasteiger partial charge in [0.05, 0.1) is 6.61 Å². The minimum Gasteiger partial charge on any atom is -0.423 e. The maximum absolute atomic E-state index is 12.3. The number of hydrogen-bond acceptors (Lipinski definition) is 3. The standard InChI is InChI=1S/C32H33O4P/c1-2-12-31(27-13-6-3-7-14-27)32(28-15-8-4-9-16-28)29-21-19-26(20-22-29)23-24-35-25-37(33,34)36-30-17-10-5-11-18-30/h3-11,13-22H,2,12,23-25H2,1H3,(H,33,34)/b32-31-. The summed E-state index contributed by atoms with van der Waals surface area (Å²) in [7, 11) is -3.87. The van der Waals surface area contributed by atoms with Gasteiger partial charge in [0.15, 0.2) is 6.35 Å². The summed E-state index contributed by atoms with van der Waals surface area (Å²) in [6.07, 6.45) is 2.32. The van der Waals surface area contributed by atoms with E-state index in [2.05, 4.69) is 85.8 Å². The predicted molar refractivity (Wildman–Crippen MR) is 152 cm³/mol. The van der Waals surface area contributed by atoms with Crippen molar-refractivity contribution >= 4 is 18.7 Å². The summed E-state index contributed by atoms with van der Waals surface area (Å²) in [4.78, 5) is 10.1. The van der Waals surface area contributed by atoms with Crippen molar-refractivity contribution in [2.24, 2.45) is 0 Å². The van der Waals surface area contributed by atoms with E-state index in [1.165, 1.54) is 27.8 Å². The highest BCUT2D eigenvalue weighted by Crippen LogP contribution is 2.42. The summed E-state index contributed by atoms with van der Waals surface area (Å²) in [6, 6.07) is 38.3. The normalized spacial score (nSPS) is 13.5. The van der Waals surface area contributed by atoms with Crippen molar-refractivity contribution in [3.05, 3.63) is 138 Å². The maximum Gasteiger partial charge on any atom is 0.402 e. The molecule has 0 aliphatic carbocycles. The Bertz CT molecular complexity index is 1320. The molecule has 0 aliphatic heterocycles. The van der Waals surface area contributed by atoms with Crippen LogP contribution in [0.1, 0.15) is 42.0 Å². The fraction of sp³-hybridized carbons (Fsp3) is 0.188. The molecule has 0 heterocycles. The quantitative estimate of drug-likeness (QED) is 0.118. The largest absolute Gasteiger partial charge is 0.423 e. The summed E-state index contributed by atoms with van der Waals surface area (Å²) < 4.78 is 23.0. The molecule has 0 aliphatic rings. The van der Waals surface area contributed by atoms with Crippen molar-refractivity contribution in [3.8, 4) is 5.75 Å². The molecule has 1 atom stereocenters. The van der Waals surface area contributed by atoms with Crippen molar-refractivity contribution in [1.82, 2.24) is 0 Å². The molecule has 0 spiro atoms. The van der Waals surface area contributed by atoms with Crippen LogP contribution in [0.15, 0.2) is 115 Å². The first kappa shape index (κ1) is 26.6. The lowest BCUT2D eigenvalue weighted by molar-refractivity contribution is 0.161. The van der Waals surface area contributed by atoms with Crippen LogP contribution in [-0.2, 0) is 15.7 Å². The topological polar surface area (TPSA) is 55.8 Å². The van der Waals surface area contributed by atoms with Gasteiger partial charge in [0.25, 0.3) is 0 Å². The minimum atomic E-state index is -3.87. The van der Waals surface area contributed by atoms with Gasteiger partial charge in [0, 0.05) is 0 Å². The van der Waals surface area contributed by atoms with Gasteiger partial charge in [0.2, 0.25) is 0 Å². The summed E-state index contributed by atoms with van der Waals surface area (Å²) >= 11 is 0. The van der Waals surface area contributed by atoms with Crippen LogP contribution < -0.4 is 4.52 Å². The number of para-hydroxylation sites is 1. The van der Waals surface area contributed by atoms with Gasteiger partial charge < -0.3 is 14.2 Å². The van der Waals surface area contributed by atoms with Crippen molar-refractivity contribution in [1.29, 1.82) is 0 Å². The smallest absolute Gasteiger partial charge is 0.402 e. The van der Waals surface area contributed by atoms with Gasteiger partial charge in [0.1, 0.15) is 5.75 Å². The summed E-state index contributed by atoms with van der Waals surface area (Å²) in [5.41, 5.74) is 7.29. The first-order valence-electron chi connectivity index (χ1n) is 12.6. The highest BCUT2D eigenvalue weighted by atomic mass is 31.2. The van der Waals surface area contributed by atoms with E-state index in [0.29, 0.717) is 18.8 Å². The van der Waals surface area contributed by atoms with Gasteiger partial charge in [-0.05, 0) is 58.4 Å².